The summed E-state index contributed by atoms with van der Waals surface area (Å²) in [4.78, 5) is 0. The number of nitrogens with one attached hydrogen (secondary N) is 1. The molecule has 5 rings (SSSR count). The van der Waals surface area contributed by atoms with Crippen LogP contribution in [0.3, 0.4) is 0 Å². The molecule has 3 saturated heterocycles. The predicted octanol–water partition coefficient (Wildman–Crippen LogP) is 2.56. The van der Waals surface area contributed by atoms with Gasteiger partial charge in [-0.3, -0.25) is 5.41 Å². The molecule has 9 nitrogen and oxygen atoms in total. The molecule has 9 heteroatoms. The van der Waals surface area contributed by atoms with E-state index in [1.807, 2.05) is 0 Å². The molecule has 1 spiro atoms. The molecule has 2 bridgehead atoms. The Bertz CT molecular complexity index is 1060. The van der Waals surface area contributed by atoms with Crippen molar-refractivity contribution in [1.29, 1.82) is 21.2 Å². The minimum absolute atomic E-state index is 0.193. The van der Waals surface area contributed by atoms with Crippen LogP contribution in [-0.2, 0) is 18.9 Å². The molecule has 1 aromatic rings. The van der Waals surface area contributed by atoms with Crippen LogP contribution in [0, 0.1) is 56.2 Å². The van der Waals surface area contributed by atoms with Crippen LogP contribution in [0.25, 0.3) is 0 Å². The zero-order valence-electron chi connectivity index (χ0n) is 16.9. The first-order valence-electron chi connectivity index (χ1n) is 10.1. The molecule has 4 unspecified atom stereocenters. The molecule has 0 radical (unpaired) electrons. The van der Waals surface area contributed by atoms with Crippen LogP contribution >= 0.6 is 0 Å². The Hall–Kier alpha value is -3.16. The van der Waals surface area contributed by atoms with Gasteiger partial charge in [-0.25, -0.2) is 0 Å². The van der Waals surface area contributed by atoms with Crippen LogP contribution in [-0.4, -0.2) is 37.8 Å². The average Bonchev–Trinajstić information content (AvgIpc) is 3.33. The number of hydrogen-bond donors (Lipinski definition) is 1. The molecule has 4 fully saturated rings. The second-order valence-corrected chi connectivity index (χ2v) is 8.33. The minimum Gasteiger partial charge on any atom is -0.497 e. The van der Waals surface area contributed by atoms with Gasteiger partial charge in [-0.2, -0.15) is 15.8 Å². The van der Waals surface area contributed by atoms with Gasteiger partial charge in [0.2, 0.25) is 17.1 Å². The third-order valence-corrected chi connectivity index (χ3v) is 7.13. The van der Waals surface area contributed by atoms with Crippen molar-refractivity contribution in [3.63, 3.8) is 0 Å². The molecule has 4 atom stereocenters. The van der Waals surface area contributed by atoms with Crippen molar-refractivity contribution in [3.8, 4) is 24.0 Å². The Morgan fingerprint density at radius 1 is 1.10 bits per heavy atom. The number of rotatable bonds is 2. The van der Waals surface area contributed by atoms with Gasteiger partial charge >= 0.3 is 0 Å². The van der Waals surface area contributed by atoms with Crippen LogP contribution in [0.2, 0.25) is 0 Å². The summed E-state index contributed by atoms with van der Waals surface area (Å²) >= 11 is 0. The molecule has 31 heavy (non-hydrogen) atoms. The van der Waals surface area contributed by atoms with Gasteiger partial charge < -0.3 is 23.7 Å². The summed E-state index contributed by atoms with van der Waals surface area (Å²) in [7, 11) is 1.51. The summed E-state index contributed by atoms with van der Waals surface area (Å²) < 4.78 is 29.4. The Kier molecular flexibility index (Phi) is 4.10. The van der Waals surface area contributed by atoms with Gasteiger partial charge in [0.15, 0.2) is 11.2 Å². The lowest BCUT2D eigenvalue weighted by molar-refractivity contribution is -0.330. The molecule has 1 aromatic carbocycles. The molecular formula is C22H20N4O5. The highest BCUT2D eigenvalue weighted by Gasteiger charge is 2.82. The summed E-state index contributed by atoms with van der Waals surface area (Å²) in [6.45, 7) is 0.846. The zero-order chi connectivity index (χ0) is 21.9. The van der Waals surface area contributed by atoms with Crippen molar-refractivity contribution in [2.75, 3.05) is 20.3 Å². The molecule has 1 N–H and O–H groups in total. The quantitative estimate of drug-likeness (QED) is 0.769. The van der Waals surface area contributed by atoms with Crippen molar-refractivity contribution < 1.29 is 23.7 Å². The number of hydrogen-bond acceptors (Lipinski definition) is 9. The second kappa shape index (κ2) is 6.42. The lowest BCUT2D eigenvalue weighted by Gasteiger charge is -2.54. The second-order valence-electron chi connectivity index (χ2n) is 8.33. The topological polar surface area (TPSA) is 141 Å². The van der Waals surface area contributed by atoms with Gasteiger partial charge in [0.1, 0.15) is 11.9 Å². The van der Waals surface area contributed by atoms with Gasteiger partial charge in [-0.1, -0.05) is 12.1 Å². The van der Waals surface area contributed by atoms with E-state index in [0.29, 0.717) is 37.4 Å². The van der Waals surface area contributed by atoms with E-state index in [9.17, 15) is 15.8 Å². The first-order chi connectivity index (χ1) is 14.9. The fourth-order valence-electron chi connectivity index (χ4n) is 5.66. The third-order valence-electron chi connectivity index (χ3n) is 7.13. The van der Waals surface area contributed by atoms with E-state index in [1.54, 1.807) is 24.3 Å². The number of nitriles is 3. The highest BCUT2D eigenvalue weighted by atomic mass is 16.7. The van der Waals surface area contributed by atoms with Crippen molar-refractivity contribution in [2.24, 2.45) is 16.7 Å². The van der Waals surface area contributed by atoms with Gasteiger partial charge in [0.25, 0.3) is 0 Å². The van der Waals surface area contributed by atoms with Crippen LogP contribution < -0.4 is 4.74 Å². The maximum Gasteiger partial charge on any atom is 0.218 e. The van der Waals surface area contributed by atoms with E-state index in [-0.39, 0.29) is 6.42 Å². The highest BCUT2D eigenvalue weighted by Crippen LogP contribution is 2.70. The SMILES string of the molecule is COc1cccc(C2OC34CCC5(CC3C(C#N)(C(=N)O4)C2(C#N)C#N)OCCO5)c1. The normalized spacial score (nSPS) is 36.5. The molecule has 0 aromatic heterocycles. The van der Waals surface area contributed by atoms with Crippen LogP contribution in [0.1, 0.15) is 30.9 Å². The third kappa shape index (κ3) is 2.25. The van der Waals surface area contributed by atoms with E-state index in [0.717, 1.165) is 0 Å². The van der Waals surface area contributed by atoms with Crippen LogP contribution in [0.15, 0.2) is 24.3 Å². The van der Waals surface area contributed by atoms with Gasteiger partial charge in [0.05, 0.1) is 44.4 Å². The summed E-state index contributed by atoms with van der Waals surface area (Å²) in [5, 5.41) is 39.7. The Morgan fingerprint density at radius 3 is 2.48 bits per heavy atom. The van der Waals surface area contributed by atoms with Crippen LogP contribution in [0.5, 0.6) is 5.75 Å². The van der Waals surface area contributed by atoms with Crippen molar-refractivity contribution in [2.45, 2.75) is 36.9 Å². The average molecular weight is 420 g/mol. The molecule has 3 heterocycles. The van der Waals surface area contributed by atoms with E-state index < -0.39 is 40.3 Å². The fourth-order valence-corrected chi connectivity index (χ4v) is 5.66. The van der Waals surface area contributed by atoms with Gasteiger partial charge in [-0.15, -0.1) is 0 Å². The predicted molar refractivity (Wildman–Crippen MR) is 102 cm³/mol. The van der Waals surface area contributed by atoms with E-state index >= 15 is 0 Å². The molecule has 158 valence electrons. The summed E-state index contributed by atoms with van der Waals surface area (Å²) in [6, 6.07) is 13.1. The van der Waals surface area contributed by atoms with Crippen molar-refractivity contribution >= 4 is 5.90 Å². The van der Waals surface area contributed by atoms with Gasteiger partial charge in [-0.05, 0) is 17.7 Å². The number of benzene rings is 1. The fraction of sp³-hybridized carbons (Fsp3) is 0.545. The number of methoxy groups -OCH3 is 1. The van der Waals surface area contributed by atoms with Gasteiger partial charge in [0, 0.05) is 19.3 Å². The number of ether oxygens (including phenoxy) is 5. The largest absolute Gasteiger partial charge is 0.497 e. The first kappa shape index (κ1) is 19.8. The maximum atomic E-state index is 10.4. The summed E-state index contributed by atoms with van der Waals surface area (Å²) in [5.41, 5.74) is -3.36. The first-order valence-corrected chi connectivity index (χ1v) is 10.1. The Morgan fingerprint density at radius 2 is 1.84 bits per heavy atom. The lowest BCUT2D eigenvalue weighted by atomic mass is 9.51. The molecule has 0 amide bonds. The van der Waals surface area contributed by atoms with E-state index in [2.05, 4.69) is 18.2 Å². The molecule has 3 aliphatic heterocycles. The highest BCUT2D eigenvalue weighted by molar-refractivity contribution is 5.89. The van der Waals surface area contributed by atoms with Crippen molar-refractivity contribution in [1.82, 2.24) is 0 Å². The number of nitrogens with zero attached hydrogens (tertiary/aromatic N) is 3. The standard InChI is InChI=1S/C22H20N4O5/c1-27-15-4-2-3-14(9-15)17-19(11-23,12-24)21(13-25)16-10-20(28-7-8-29-20)5-6-22(16,30-17)31-18(21)26/h2-4,9,16-17,26H,5-8,10H2,1H3. The Labute approximate surface area is 179 Å². The zero-order valence-corrected chi connectivity index (χ0v) is 16.9. The Balaban J connectivity index is 1.71. The molecule has 1 saturated carbocycles. The van der Waals surface area contributed by atoms with Crippen molar-refractivity contribution in [3.05, 3.63) is 29.8 Å². The minimum atomic E-state index is -2.02. The van der Waals surface area contributed by atoms with E-state index in [1.165, 1.54) is 7.11 Å². The van der Waals surface area contributed by atoms with E-state index in [4.69, 9.17) is 29.1 Å². The summed E-state index contributed by atoms with van der Waals surface area (Å²) in [5.74, 6) is -2.91. The maximum absolute atomic E-state index is 10.4. The smallest absolute Gasteiger partial charge is 0.218 e. The summed E-state index contributed by atoms with van der Waals surface area (Å²) in [6.07, 6.45) is -0.166. The lowest BCUT2D eigenvalue weighted by Crippen LogP contribution is -2.63. The molecular weight excluding hydrogens is 400 g/mol. The van der Waals surface area contributed by atoms with Crippen LogP contribution in [0.4, 0.5) is 0 Å². The monoisotopic (exact) mass is 420 g/mol. The molecule has 1 aliphatic carbocycles. The molecule has 4 aliphatic rings.